The summed E-state index contributed by atoms with van der Waals surface area (Å²) < 4.78 is 16.5. The number of carbonyl (C=O) groups excluding carboxylic acids is 2. The van der Waals surface area contributed by atoms with Gasteiger partial charge in [0.05, 0.1) is 23.6 Å². The van der Waals surface area contributed by atoms with E-state index >= 15 is 0 Å². The van der Waals surface area contributed by atoms with E-state index in [2.05, 4.69) is 12.0 Å². The van der Waals surface area contributed by atoms with Crippen molar-refractivity contribution in [2.75, 3.05) is 20.3 Å². The average Bonchev–Trinajstić information content (AvgIpc) is 3.06. The van der Waals surface area contributed by atoms with Crippen LogP contribution in [0.15, 0.2) is 54.0 Å². The molecule has 2 amide bonds. The van der Waals surface area contributed by atoms with Crippen molar-refractivity contribution in [1.82, 2.24) is 10.4 Å². The number of methoxy groups -OCH3 is 1. The van der Waals surface area contributed by atoms with Crippen LogP contribution < -0.4 is 19.6 Å². The molecule has 0 spiro atoms. The number of hydrazine groups is 1. The van der Waals surface area contributed by atoms with E-state index < -0.39 is 11.8 Å². The molecule has 0 aliphatic carbocycles. The van der Waals surface area contributed by atoms with Crippen LogP contribution in [-0.4, -0.2) is 41.5 Å². The lowest BCUT2D eigenvalue weighted by molar-refractivity contribution is -0.123. The molecular weight excluding hydrogens is 484 g/mol. The molecule has 0 radical (unpaired) electrons. The maximum Gasteiger partial charge on any atom is 0.285 e. The lowest BCUT2D eigenvalue weighted by Crippen LogP contribution is -2.44. The van der Waals surface area contributed by atoms with E-state index in [1.54, 1.807) is 48.6 Å². The number of thiocarbonyl (C=S) groups is 1. The molecule has 1 saturated heterocycles. The second kappa shape index (κ2) is 11.2. The molecule has 172 valence electrons. The van der Waals surface area contributed by atoms with Crippen molar-refractivity contribution in [3.63, 3.8) is 0 Å². The van der Waals surface area contributed by atoms with Crippen molar-refractivity contribution < 1.29 is 23.8 Å². The van der Waals surface area contributed by atoms with Gasteiger partial charge in [0.15, 0.2) is 15.8 Å². The summed E-state index contributed by atoms with van der Waals surface area (Å²) in [6.45, 7) is 6.14. The molecule has 2 aromatic carbocycles. The lowest BCUT2D eigenvalue weighted by atomic mass is 10.1. The predicted molar refractivity (Wildman–Crippen MR) is 134 cm³/mol. The highest BCUT2D eigenvalue weighted by Crippen LogP contribution is 2.39. The summed E-state index contributed by atoms with van der Waals surface area (Å²) in [4.78, 5) is 25.8. The van der Waals surface area contributed by atoms with Crippen molar-refractivity contribution >= 4 is 57.8 Å². The van der Waals surface area contributed by atoms with E-state index in [1.165, 1.54) is 7.11 Å². The van der Waals surface area contributed by atoms with Crippen molar-refractivity contribution in [3.05, 3.63) is 70.1 Å². The van der Waals surface area contributed by atoms with Crippen molar-refractivity contribution in [1.29, 1.82) is 0 Å². The third kappa shape index (κ3) is 5.87. The normalized spacial score (nSPS) is 14.4. The Bertz CT molecular complexity index is 1120. The van der Waals surface area contributed by atoms with E-state index in [-0.39, 0.29) is 10.9 Å². The third-order valence-electron chi connectivity index (χ3n) is 4.33. The first-order valence-electron chi connectivity index (χ1n) is 9.81. The summed E-state index contributed by atoms with van der Waals surface area (Å²) in [7, 11) is 1.54. The minimum atomic E-state index is -0.472. The van der Waals surface area contributed by atoms with Gasteiger partial charge < -0.3 is 14.2 Å². The standard InChI is InChI=1S/C23H21ClN2O5S2/c1-4-10-31-20-17(24)11-14(12-18(20)30-5-2)13-19-22(28)26(23(32)33-19)25-21(27)15-6-8-16(29-3)9-7-15/h4,6-9,11-13H,1,5,10H2,2-3H3,(H,25,27)/b19-13+. The van der Waals surface area contributed by atoms with Gasteiger partial charge in [-0.05, 0) is 67.2 Å². The zero-order valence-corrected chi connectivity index (χ0v) is 20.3. The molecule has 10 heteroatoms. The Morgan fingerprint density at radius 1 is 1.27 bits per heavy atom. The molecule has 1 aliphatic rings. The van der Waals surface area contributed by atoms with Gasteiger partial charge in [0, 0.05) is 5.56 Å². The highest BCUT2D eigenvalue weighted by Gasteiger charge is 2.34. The zero-order valence-electron chi connectivity index (χ0n) is 17.9. The van der Waals surface area contributed by atoms with Gasteiger partial charge in [-0.25, -0.2) is 0 Å². The van der Waals surface area contributed by atoms with E-state index in [0.29, 0.717) is 44.9 Å². The number of thioether (sulfide) groups is 1. The molecule has 1 fully saturated rings. The molecule has 0 bridgehead atoms. The van der Waals surface area contributed by atoms with Gasteiger partial charge in [-0.2, -0.15) is 5.01 Å². The Balaban J connectivity index is 1.81. The largest absolute Gasteiger partial charge is 0.497 e. The van der Waals surface area contributed by atoms with Gasteiger partial charge in [0.25, 0.3) is 11.8 Å². The second-order valence-corrected chi connectivity index (χ2v) is 8.63. The quantitative estimate of drug-likeness (QED) is 0.297. The first-order valence-corrected chi connectivity index (χ1v) is 11.4. The molecule has 0 saturated carbocycles. The van der Waals surface area contributed by atoms with Gasteiger partial charge in [-0.3, -0.25) is 15.0 Å². The molecule has 0 aromatic heterocycles. The van der Waals surface area contributed by atoms with E-state index in [1.807, 2.05) is 6.92 Å². The van der Waals surface area contributed by atoms with Crippen LogP contribution in [0.5, 0.6) is 17.2 Å². The molecule has 7 nitrogen and oxygen atoms in total. The average molecular weight is 505 g/mol. The summed E-state index contributed by atoms with van der Waals surface area (Å²) in [5.41, 5.74) is 3.52. The Morgan fingerprint density at radius 3 is 2.64 bits per heavy atom. The van der Waals surface area contributed by atoms with Crippen LogP contribution in [0.25, 0.3) is 6.08 Å². The fourth-order valence-electron chi connectivity index (χ4n) is 2.84. The maximum absolute atomic E-state index is 12.9. The van der Waals surface area contributed by atoms with Gasteiger partial charge in [-0.15, -0.1) is 0 Å². The highest BCUT2D eigenvalue weighted by molar-refractivity contribution is 8.26. The van der Waals surface area contributed by atoms with E-state index in [0.717, 1.165) is 16.8 Å². The Kier molecular flexibility index (Phi) is 8.37. The molecule has 2 aromatic rings. The van der Waals surface area contributed by atoms with Crippen LogP contribution in [-0.2, 0) is 4.79 Å². The third-order valence-corrected chi connectivity index (χ3v) is 5.92. The van der Waals surface area contributed by atoms with Crippen LogP contribution in [0.2, 0.25) is 5.02 Å². The van der Waals surface area contributed by atoms with Crippen LogP contribution >= 0.6 is 35.6 Å². The Hall–Kier alpha value is -3.01. The number of carbonyl (C=O) groups is 2. The first-order chi connectivity index (χ1) is 15.9. The molecular formula is C23H21ClN2O5S2. The van der Waals surface area contributed by atoms with Crippen LogP contribution in [0.4, 0.5) is 0 Å². The number of amides is 2. The molecule has 0 atom stereocenters. The minimum Gasteiger partial charge on any atom is -0.497 e. The highest BCUT2D eigenvalue weighted by atomic mass is 35.5. The maximum atomic E-state index is 12.9. The number of hydrogen-bond acceptors (Lipinski definition) is 7. The van der Waals surface area contributed by atoms with E-state index in [4.69, 9.17) is 38.0 Å². The molecule has 33 heavy (non-hydrogen) atoms. The van der Waals surface area contributed by atoms with Gasteiger partial charge >= 0.3 is 0 Å². The SMILES string of the molecule is C=CCOc1c(Cl)cc(/C=C2/SC(=S)N(NC(=O)c3ccc(OC)cc3)C2=O)cc1OCC. The first kappa shape index (κ1) is 24.6. The molecule has 3 rings (SSSR count). The number of hydrogen-bond donors (Lipinski definition) is 1. The summed E-state index contributed by atoms with van der Waals surface area (Å²) in [6, 6.07) is 9.87. The molecule has 1 N–H and O–H groups in total. The summed E-state index contributed by atoms with van der Waals surface area (Å²) in [5, 5.41) is 1.38. The monoisotopic (exact) mass is 504 g/mol. The smallest absolute Gasteiger partial charge is 0.285 e. The van der Waals surface area contributed by atoms with Gasteiger partial charge in [-0.1, -0.05) is 36.0 Å². The number of ether oxygens (including phenoxy) is 3. The predicted octanol–water partition coefficient (Wildman–Crippen LogP) is 4.86. The lowest BCUT2D eigenvalue weighted by Gasteiger charge is -2.15. The summed E-state index contributed by atoms with van der Waals surface area (Å²) in [5.74, 6) is 0.538. The number of benzene rings is 2. The fraction of sp³-hybridized carbons (Fsp3) is 0.174. The van der Waals surface area contributed by atoms with Gasteiger partial charge in [0.2, 0.25) is 0 Å². The van der Waals surface area contributed by atoms with Crippen LogP contribution in [0.1, 0.15) is 22.8 Å². The Labute approximate surface area is 206 Å². The van der Waals surface area contributed by atoms with Crippen molar-refractivity contribution in [3.8, 4) is 17.2 Å². The van der Waals surface area contributed by atoms with Crippen LogP contribution in [0, 0.1) is 0 Å². The summed E-state index contributed by atoms with van der Waals surface area (Å²) in [6.07, 6.45) is 3.23. The fourth-order valence-corrected chi connectivity index (χ4v) is 4.29. The van der Waals surface area contributed by atoms with Crippen molar-refractivity contribution in [2.24, 2.45) is 0 Å². The topological polar surface area (TPSA) is 77.1 Å². The number of nitrogens with zero attached hydrogens (tertiary/aromatic N) is 1. The number of nitrogens with one attached hydrogen (secondary N) is 1. The molecule has 1 heterocycles. The second-order valence-electron chi connectivity index (χ2n) is 6.55. The van der Waals surface area contributed by atoms with Crippen molar-refractivity contribution in [2.45, 2.75) is 6.92 Å². The van der Waals surface area contributed by atoms with Crippen LogP contribution in [0.3, 0.4) is 0 Å². The summed E-state index contributed by atoms with van der Waals surface area (Å²) >= 11 is 12.7. The van der Waals surface area contributed by atoms with Gasteiger partial charge in [0.1, 0.15) is 12.4 Å². The Morgan fingerprint density at radius 2 is 2.00 bits per heavy atom. The molecule has 1 aliphatic heterocycles. The zero-order chi connectivity index (χ0) is 24.0. The minimum absolute atomic E-state index is 0.204. The van der Waals surface area contributed by atoms with E-state index in [9.17, 15) is 9.59 Å². The number of rotatable bonds is 9. The molecule has 0 unspecified atom stereocenters. The number of halogens is 1.